The summed E-state index contributed by atoms with van der Waals surface area (Å²) in [4.78, 5) is 40.4. The average molecular weight is 560 g/mol. The Morgan fingerprint density at radius 2 is 1.73 bits per heavy atom. The lowest BCUT2D eigenvalue weighted by Gasteiger charge is -2.35. The van der Waals surface area contributed by atoms with Gasteiger partial charge in [0.05, 0.1) is 23.8 Å². The molecule has 11 nitrogen and oxygen atoms in total. The first-order chi connectivity index (χ1) is 19.0. The Kier molecular flexibility index (Phi) is 7.45. The second-order valence-corrected chi connectivity index (χ2v) is 10.1. The van der Waals surface area contributed by atoms with Crippen LogP contribution in [-0.2, 0) is 4.74 Å². The lowest BCUT2D eigenvalue weighted by molar-refractivity contribution is -0.274. The van der Waals surface area contributed by atoms with Crippen molar-refractivity contribution in [2.45, 2.75) is 64.1 Å². The van der Waals surface area contributed by atoms with E-state index < -0.39 is 24.1 Å². The molecule has 1 saturated heterocycles. The first-order valence-corrected chi connectivity index (χ1v) is 12.9. The number of hydrogen-bond acceptors (Lipinski definition) is 8. The Hall–Kier alpha value is -4.07. The SMILES string of the molecule is C[C@@H]1CN(C(=O)c2cnc(-n3ncnc3[C@H](C)NC(=O)c3cc(OC(F)(F)F)cc(C4CC4)c3)nc2)C[C@H](C)O1. The van der Waals surface area contributed by atoms with Crippen LogP contribution in [0.3, 0.4) is 0 Å². The molecule has 2 fully saturated rings. The number of halogens is 3. The van der Waals surface area contributed by atoms with Crippen LogP contribution < -0.4 is 10.1 Å². The van der Waals surface area contributed by atoms with E-state index >= 15 is 0 Å². The van der Waals surface area contributed by atoms with Crippen LogP contribution in [0.1, 0.15) is 77.7 Å². The molecular weight excluding hydrogens is 531 g/mol. The van der Waals surface area contributed by atoms with Gasteiger partial charge in [0, 0.05) is 31.0 Å². The number of nitrogens with one attached hydrogen (secondary N) is 1. The number of alkyl halides is 3. The highest BCUT2D eigenvalue weighted by atomic mass is 19.4. The molecule has 5 rings (SSSR count). The number of carbonyl (C=O) groups is 2. The molecule has 0 spiro atoms. The van der Waals surface area contributed by atoms with Crippen molar-refractivity contribution in [2.24, 2.45) is 0 Å². The lowest BCUT2D eigenvalue weighted by Crippen LogP contribution is -2.48. The predicted molar refractivity (Wildman–Crippen MR) is 134 cm³/mol. The summed E-state index contributed by atoms with van der Waals surface area (Å²) < 4.78 is 49.6. The maximum atomic E-state index is 13.0. The van der Waals surface area contributed by atoms with Crippen molar-refractivity contribution >= 4 is 11.8 Å². The summed E-state index contributed by atoms with van der Waals surface area (Å²) in [6.07, 6.45) is 0.699. The molecule has 212 valence electrons. The van der Waals surface area contributed by atoms with Crippen LogP contribution in [0.15, 0.2) is 36.9 Å². The van der Waals surface area contributed by atoms with E-state index in [1.165, 1.54) is 29.5 Å². The number of rotatable bonds is 7. The van der Waals surface area contributed by atoms with Gasteiger partial charge in [-0.25, -0.2) is 15.0 Å². The van der Waals surface area contributed by atoms with Crippen molar-refractivity contribution in [1.29, 1.82) is 0 Å². The van der Waals surface area contributed by atoms with E-state index in [-0.39, 0.29) is 41.4 Å². The molecule has 0 bridgehead atoms. The molecule has 0 unspecified atom stereocenters. The molecule has 2 aromatic heterocycles. The maximum absolute atomic E-state index is 13.0. The molecule has 1 aliphatic carbocycles. The van der Waals surface area contributed by atoms with Gasteiger partial charge in [-0.15, -0.1) is 13.2 Å². The number of hydrogen-bond donors (Lipinski definition) is 1. The van der Waals surface area contributed by atoms with E-state index in [1.54, 1.807) is 17.9 Å². The third-order valence-corrected chi connectivity index (χ3v) is 6.56. The topological polar surface area (TPSA) is 124 Å². The van der Waals surface area contributed by atoms with Gasteiger partial charge in [-0.05, 0) is 63.3 Å². The number of nitrogens with zero attached hydrogens (tertiary/aromatic N) is 6. The molecule has 1 N–H and O–H groups in total. The summed E-state index contributed by atoms with van der Waals surface area (Å²) in [6, 6.07) is 3.23. The highest BCUT2D eigenvalue weighted by molar-refractivity contribution is 5.95. The number of amides is 2. The van der Waals surface area contributed by atoms with E-state index in [4.69, 9.17) is 4.74 Å². The summed E-state index contributed by atoms with van der Waals surface area (Å²) in [6.45, 7) is 6.38. The number of carbonyl (C=O) groups excluding carboxylic acids is 2. The van der Waals surface area contributed by atoms with Crippen LogP contribution >= 0.6 is 0 Å². The van der Waals surface area contributed by atoms with Crippen molar-refractivity contribution in [3.05, 3.63) is 59.4 Å². The Labute approximate surface area is 227 Å². The van der Waals surface area contributed by atoms with Gasteiger partial charge in [0.15, 0.2) is 5.82 Å². The van der Waals surface area contributed by atoms with Gasteiger partial charge in [-0.2, -0.15) is 9.78 Å². The fraction of sp³-hybridized carbons (Fsp3) is 0.462. The van der Waals surface area contributed by atoms with Crippen LogP contribution in [0.25, 0.3) is 5.95 Å². The third-order valence-electron chi connectivity index (χ3n) is 6.56. The molecule has 1 aromatic carbocycles. The van der Waals surface area contributed by atoms with E-state index in [9.17, 15) is 22.8 Å². The Morgan fingerprint density at radius 3 is 2.35 bits per heavy atom. The summed E-state index contributed by atoms with van der Waals surface area (Å²) in [5.74, 6) is -0.741. The molecule has 3 aromatic rings. The normalized spacial score (nSPS) is 20.2. The van der Waals surface area contributed by atoms with Gasteiger partial charge >= 0.3 is 6.36 Å². The minimum Gasteiger partial charge on any atom is -0.406 e. The first kappa shape index (κ1) is 27.5. The third kappa shape index (κ3) is 6.38. The maximum Gasteiger partial charge on any atom is 0.573 e. The van der Waals surface area contributed by atoms with Crippen LogP contribution in [0.5, 0.6) is 5.75 Å². The molecule has 3 heterocycles. The lowest BCUT2D eigenvalue weighted by atomic mass is 10.1. The van der Waals surface area contributed by atoms with Gasteiger partial charge in [0.25, 0.3) is 17.8 Å². The Balaban J connectivity index is 1.30. The smallest absolute Gasteiger partial charge is 0.406 e. The van der Waals surface area contributed by atoms with Crippen molar-refractivity contribution < 1.29 is 32.2 Å². The second kappa shape index (κ2) is 10.8. The quantitative estimate of drug-likeness (QED) is 0.466. The van der Waals surface area contributed by atoms with Gasteiger partial charge < -0.3 is 19.7 Å². The molecular formula is C26H28F3N7O4. The minimum absolute atomic E-state index is 0.0347. The van der Waals surface area contributed by atoms with Gasteiger partial charge in [0.2, 0.25) is 0 Å². The minimum atomic E-state index is -4.88. The van der Waals surface area contributed by atoms with Crippen LogP contribution in [-0.4, -0.2) is 73.1 Å². The number of ether oxygens (including phenoxy) is 2. The average Bonchev–Trinajstić information content (AvgIpc) is 3.62. The molecule has 14 heteroatoms. The van der Waals surface area contributed by atoms with E-state index in [2.05, 4.69) is 30.1 Å². The highest BCUT2D eigenvalue weighted by Crippen LogP contribution is 2.42. The summed E-state index contributed by atoms with van der Waals surface area (Å²) >= 11 is 0. The summed E-state index contributed by atoms with van der Waals surface area (Å²) in [5.41, 5.74) is 0.958. The zero-order valence-electron chi connectivity index (χ0n) is 22.1. The van der Waals surface area contributed by atoms with Gasteiger partial charge in [0.1, 0.15) is 12.1 Å². The van der Waals surface area contributed by atoms with Crippen LogP contribution in [0, 0.1) is 0 Å². The molecule has 40 heavy (non-hydrogen) atoms. The predicted octanol–water partition coefficient (Wildman–Crippen LogP) is 3.57. The summed E-state index contributed by atoms with van der Waals surface area (Å²) in [5, 5.41) is 6.88. The van der Waals surface area contributed by atoms with E-state index in [0.29, 0.717) is 24.2 Å². The van der Waals surface area contributed by atoms with E-state index in [1.807, 2.05) is 13.8 Å². The largest absolute Gasteiger partial charge is 0.573 e. The van der Waals surface area contributed by atoms with Crippen molar-refractivity contribution in [3.8, 4) is 11.7 Å². The van der Waals surface area contributed by atoms with Crippen molar-refractivity contribution in [1.82, 2.24) is 34.9 Å². The standard InChI is InChI=1S/C26H28F3N7O4/c1-14-11-35(12-15(2)39-14)24(38)20-9-30-25(31-10-20)36-22(32-13-33-36)16(3)34-23(37)19-6-18(17-4-5-17)7-21(8-19)40-26(27,28)29/h6-10,13-17H,4-5,11-12H2,1-3H3,(H,34,37)/t14-,15+,16-/m0/s1. The Morgan fingerprint density at radius 1 is 1.05 bits per heavy atom. The molecule has 3 atom stereocenters. The number of morpholine rings is 1. The first-order valence-electron chi connectivity index (χ1n) is 12.9. The van der Waals surface area contributed by atoms with Crippen molar-refractivity contribution in [2.75, 3.05) is 13.1 Å². The van der Waals surface area contributed by atoms with Gasteiger partial charge in [-0.3, -0.25) is 9.59 Å². The zero-order valence-corrected chi connectivity index (χ0v) is 22.1. The highest BCUT2D eigenvalue weighted by Gasteiger charge is 2.33. The van der Waals surface area contributed by atoms with Crippen LogP contribution in [0.2, 0.25) is 0 Å². The molecule has 0 radical (unpaired) electrons. The second-order valence-electron chi connectivity index (χ2n) is 10.1. The molecule has 2 aliphatic rings. The summed E-state index contributed by atoms with van der Waals surface area (Å²) in [7, 11) is 0. The van der Waals surface area contributed by atoms with E-state index in [0.717, 1.165) is 18.9 Å². The fourth-order valence-electron chi connectivity index (χ4n) is 4.71. The molecule has 2 amide bonds. The number of benzene rings is 1. The van der Waals surface area contributed by atoms with Gasteiger partial charge in [-0.1, -0.05) is 0 Å². The van der Waals surface area contributed by atoms with Crippen molar-refractivity contribution in [3.63, 3.8) is 0 Å². The monoisotopic (exact) mass is 559 g/mol. The molecule has 1 saturated carbocycles. The fourth-order valence-corrected chi connectivity index (χ4v) is 4.71. The van der Waals surface area contributed by atoms with Crippen LogP contribution in [0.4, 0.5) is 13.2 Å². The number of aromatic nitrogens is 5. The zero-order chi connectivity index (χ0) is 28.6. The Bertz CT molecular complexity index is 1380. The molecule has 1 aliphatic heterocycles.